The van der Waals surface area contributed by atoms with E-state index in [2.05, 4.69) is 4.74 Å². The van der Waals surface area contributed by atoms with Crippen LogP contribution in [0.5, 0.6) is 11.5 Å². The Labute approximate surface area is 165 Å². The van der Waals surface area contributed by atoms with Gasteiger partial charge in [0.2, 0.25) is 0 Å². The number of carbonyl (C=O) groups excluding carboxylic acids is 2. The standard InChI is InChI=1S/C19H27NO7S/c1-5-13(2)20(15-8-9-28(23,24)12-15)18(21)11-27-16-7-6-14(19(22)26-4)10-17(16)25-3/h6-7,10,13,15H,5,8-9,11-12H2,1-4H3/t13-,15-/m0/s1. The number of rotatable bonds is 8. The highest BCUT2D eigenvalue weighted by Gasteiger charge is 2.36. The highest BCUT2D eigenvalue weighted by atomic mass is 32.2. The molecule has 2 rings (SSSR count). The molecule has 0 N–H and O–H groups in total. The molecule has 1 aromatic carbocycles. The fourth-order valence-corrected chi connectivity index (χ4v) is 4.96. The third kappa shape index (κ3) is 5.15. The van der Waals surface area contributed by atoms with Crippen LogP contribution in [0.25, 0.3) is 0 Å². The first-order chi connectivity index (χ1) is 13.2. The van der Waals surface area contributed by atoms with E-state index < -0.39 is 15.8 Å². The molecule has 1 aromatic rings. The Morgan fingerprint density at radius 3 is 2.50 bits per heavy atom. The molecule has 0 aliphatic carbocycles. The molecule has 0 unspecified atom stereocenters. The predicted molar refractivity (Wildman–Crippen MR) is 103 cm³/mol. The molecule has 1 amide bonds. The molecule has 1 heterocycles. The summed E-state index contributed by atoms with van der Waals surface area (Å²) in [5, 5.41) is 0. The molecule has 0 bridgehead atoms. The maximum atomic E-state index is 12.8. The molecule has 9 heteroatoms. The normalized spacial score (nSPS) is 18.9. The minimum absolute atomic E-state index is 0.0137. The maximum absolute atomic E-state index is 12.8. The third-order valence-corrected chi connectivity index (χ3v) is 6.64. The number of methoxy groups -OCH3 is 2. The van der Waals surface area contributed by atoms with Gasteiger partial charge in [0.25, 0.3) is 5.91 Å². The summed E-state index contributed by atoms with van der Waals surface area (Å²) in [6.07, 6.45) is 1.15. The van der Waals surface area contributed by atoms with Crippen LogP contribution in [0.1, 0.15) is 37.0 Å². The second-order valence-electron chi connectivity index (χ2n) is 6.76. The van der Waals surface area contributed by atoms with Crippen LogP contribution in [0.4, 0.5) is 0 Å². The number of ether oxygens (including phenoxy) is 3. The summed E-state index contributed by atoms with van der Waals surface area (Å²) in [7, 11) is -0.395. The molecule has 1 aliphatic heterocycles. The van der Waals surface area contributed by atoms with Gasteiger partial charge in [-0.25, -0.2) is 13.2 Å². The minimum atomic E-state index is -3.11. The Kier molecular flexibility index (Phi) is 7.29. The highest BCUT2D eigenvalue weighted by molar-refractivity contribution is 7.91. The van der Waals surface area contributed by atoms with Gasteiger partial charge in [0.1, 0.15) is 0 Å². The van der Waals surface area contributed by atoms with Crippen LogP contribution in [0.2, 0.25) is 0 Å². The molecule has 156 valence electrons. The monoisotopic (exact) mass is 413 g/mol. The Balaban J connectivity index is 2.13. The number of nitrogens with zero attached hydrogens (tertiary/aromatic N) is 1. The van der Waals surface area contributed by atoms with Crippen LogP contribution in [-0.2, 0) is 19.4 Å². The molecule has 0 saturated carbocycles. The van der Waals surface area contributed by atoms with Crippen molar-refractivity contribution in [1.82, 2.24) is 4.90 Å². The van der Waals surface area contributed by atoms with Crippen molar-refractivity contribution in [3.63, 3.8) is 0 Å². The van der Waals surface area contributed by atoms with Crippen LogP contribution in [0.3, 0.4) is 0 Å². The number of benzene rings is 1. The molecule has 1 aliphatic rings. The summed E-state index contributed by atoms with van der Waals surface area (Å²) in [6, 6.07) is 4.09. The second-order valence-corrected chi connectivity index (χ2v) is 8.99. The highest BCUT2D eigenvalue weighted by Crippen LogP contribution is 2.29. The number of hydrogen-bond donors (Lipinski definition) is 0. The van der Waals surface area contributed by atoms with Gasteiger partial charge < -0.3 is 19.1 Å². The van der Waals surface area contributed by atoms with Crippen molar-refractivity contribution in [2.45, 2.75) is 38.8 Å². The van der Waals surface area contributed by atoms with E-state index in [4.69, 9.17) is 9.47 Å². The summed E-state index contributed by atoms with van der Waals surface area (Å²) in [5.41, 5.74) is 0.301. The summed E-state index contributed by atoms with van der Waals surface area (Å²) < 4.78 is 39.2. The SMILES string of the molecule is CC[C@H](C)N(C(=O)COc1ccc(C(=O)OC)cc1OC)[C@H]1CCS(=O)(=O)C1. The summed E-state index contributed by atoms with van der Waals surface area (Å²) in [4.78, 5) is 26.1. The van der Waals surface area contributed by atoms with E-state index in [1.807, 2.05) is 13.8 Å². The van der Waals surface area contributed by atoms with Gasteiger partial charge in [0.15, 0.2) is 27.9 Å². The molecular weight excluding hydrogens is 386 g/mol. The number of amides is 1. The Morgan fingerprint density at radius 2 is 1.96 bits per heavy atom. The number of esters is 1. The van der Waals surface area contributed by atoms with E-state index >= 15 is 0 Å². The van der Waals surface area contributed by atoms with E-state index in [9.17, 15) is 18.0 Å². The van der Waals surface area contributed by atoms with Crippen LogP contribution in [-0.4, -0.2) is 69.6 Å². The molecule has 0 radical (unpaired) electrons. The lowest BCUT2D eigenvalue weighted by molar-refractivity contribution is -0.137. The van der Waals surface area contributed by atoms with Crippen molar-refractivity contribution in [2.75, 3.05) is 32.3 Å². The zero-order valence-corrected chi connectivity index (χ0v) is 17.5. The quantitative estimate of drug-likeness (QED) is 0.598. The third-order valence-electron chi connectivity index (χ3n) is 4.89. The molecule has 8 nitrogen and oxygen atoms in total. The lowest BCUT2D eigenvalue weighted by Gasteiger charge is -2.33. The number of hydrogen-bond acceptors (Lipinski definition) is 7. The fraction of sp³-hybridized carbons (Fsp3) is 0.579. The lowest BCUT2D eigenvalue weighted by atomic mass is 10.1. The van der Waals surface area contributed by atoms with Crippen molar-refractivity contribution in [3.05, 3.63) is 23.8 Å². The summed E-state index contributed by atoms with van der Waals surface area (Å²) in [6.45, 7) is 3.59. The van der Waals surface area contributed by atoms with Crippen LogP contribution >= 0.6 is 0 Å². The van der Waals surface area contributed by atoms with Crippen LogP contribution < -0.4 is 9.47 Å². The summed E-state index contributed by atoms with van der Waals surface area (Å²) in [5.74, 6) is -0.0929. The zero-order chi connectivity index (χ0) is 20.9. The van der Waals surface area contributed by atoms with Crippen molar-refractivity contribution in [3.8, 4) is 11.5 Å². The largest absolute Gasteiger partial charge is 0.493 e. The average molecular weight is 413 g/mol. The molecule has 28 heavy (non-hydrogen) atoms. The van der Waals surface area contributed by atoms with Gasteiger partial charge in [-0.1, -0.05) is 6.92 Å². The van der Waals surface area contributed by atoms with Gasteiger partial charge in [0.05, 0.1) is 31.3 Å². The average Bonchev–Trinajstić information content (AvgIpc) is 3.04. The van der Waals surface area contributed by atoms with Crippen LogP contribution in [0, 0.1) is 0 Å². The first kappa shape index (κ1) is 22.0. The van der Waals surface area contributed by atoms with Gasteiger partial charge >= 0.3 is 5.97 Å². The van der Waals surface area contributed by atoms with Gasteiger partial charge in [-0.05, 0) is 38.0 Å². The van der Waals surface area contributed by atoms with Crippen LogP contribution in [0.15, 0.2) is 18.2 Å². The lowest BCUT2D eigenvalue weighted by Crippen LogP contribution is -2.48. The Morgan fingerprint density at radius 1 is 1.25 bits per heavy atom. The van der Waals surface area contributed by atoms with Crippen molar-refractivity contribution >= 4 is 21.7 Å². The van der Waals surface area contributed by atoms with E-state index in [0.717, 1.165) is 0 Å². The van der Waals surface area contributed by atoms with Crippen molar-refractivity contribution < 1.29 is 32.2 Å². The molecule has 1 fully saturated rings. The van der Waals surface area contributed by atoms with Gasteiger partial charge in [-0.3, -0.25) is 4.79 Å². The molecule has 0 spiro atoms. The Hall–Kier alpha value is -2.29. The first-order valence-corrected chi connectivity index (χ1v) is 10.9. The number of carbonyl (C=O) groups is 2. The molecule has 1 saturated heterocycles. The predicted octanol–water partition coefficient (Wildman–Crippen LogP) is 1.67. The Bertz CT molecular complexity index is 822. The minimum Gasteiger partial charge on any atom is -0.493 e. The topological polar surface area (TPSA) is 99.2 Å². The molecule has 2 atom stereocenters. The molecular formula is C19H27NO7S. The van der Waals surface area contributed by atoms with Crippen molar-refractivity contribution in [1.29, 1.82) is 0 Å². The smallest absolute Gasteiger partial charge is 0.337 e. The first-order valence-electron chi connectivity index (χ1n) is 9.13. The van der Waals surface area contributed by atoms with E-state index in [-0.39, 0.29) is 36.1 Å². The zero-order valence-electron chi connectivity index (χ0n) is 16.6. The summed E-state index contributed by atoms with van der Waals surface area (Å²) >= 11 is 0. The van der Waals surface area contributed by atoms with E-state index in [1.54, 1.807) is 4.90 Å². The van der Waals surface area contributed by atoms with Gasteiger partial charge in [-0.15, -0.1) is 0 Å². The molecule has 0 aromatic heterocycles. The van der Waals surface area contributed by atoms with E-state index in [0.29, 0.717) is 29.9 Å². The van der Waals surface area contributed by atoms with E-state index in [1.165, 1.54) is 32.4 Å². The van der Waals surface area contributed by atoms with Gasteiger partial charge in [-0.2, -0.15) is 0 Å². The number of sulfone groups is 1. The van der Waals surface area contributed by atoms with Crippen molar-refractivity contribution in [2.24, 2.45) is 0 Å². The second kappa shape index (κ2) is 9.27. The van der Waals surface area contributed by atoms with Gasteiger partial charge in [0, 0.05) is 12.1 Å². The fourth-order valence-electron chi connectivity index (χ4n) is 3.25. The maximum Gasteiger partial charge on any atom is 0.337 e.